The van der Waals surface area contributed by atoms with E-state index < -0.39 is 24.0 Å². The van der Waals surface area contributed by atoms with Crippen molar-refractivity contribution < 1.29 is 33.6 Å². The van der Waals surface area contributed by atoms with Gasteiger partial charge in [0.25, 0.3) is 5.91 Å². The van der Waals surface area contributed by atoms with Gasteiger partial charge < -0.3 is 29.7 Å². The van der Waals surface area contributed by atoms with E-state index in [0.717, 1.165) is 73.5 Å². The Hall–Kier alpha value is -3.32. The van der Waals surface area contributed by atoms with Gasteiger partial charge in [0.2, 0.25) is 11.7 Å². The molecule has 5 heterocycles. The molecule has 2 N–H and O–H groups in total. The van der Waals surface area contributed by atoms with Gasteiger partial charge in [0.05, 0.1) is 18.7 Å². The highest BCUT2D eigenvalue weighted by Gasteiger charge is 2.69. The fourth-order valence-corrected chi connectivity index (χ4v) is 9.88. The van der Waals surface area contributed by atoms with Crippen LogP contribution in [-0.4, -0.2) is 71.3 Å². The van der Waals surface area contributed by atoms with Crippen LogP contribution < -0.4 is 10.6 Å². The number of rotatable bonds is 11. The van der Waals surface area contributed by atoms with E-state index in [0.29, 0.717) is 42.1 Å². The minimum absolute atomic E-state index is 0.0230. The zero-order valence-corrected chi connectivity index (χ0v) is 32.3. The number of halogens is 1. The molecule has 6 aliphatic rings. The number of ether oxygens (including phenoxy) is 3. The van der Waals surface area contributed by atoms with Crippen LogP contribution in [0.15, 0.2) is 54.7 Å². The third-order valence-corrected chi connectivity index (χ3v) is 12.9. The maximum Gasteiger partial charge on any atom is 0.254 e. The van der Waals surface area contributed by atoms with Crippen molar-refractivity contribution in [3.63, 3.8) is 0 Å². The average molecular weight is 761 g/mol. The SMILES string of the molecule is C[C@H]1[C@@H](OCc2ccc(C(=O)N(CCNc3ccnc4cc(Cl)ccc34)CC(=O)NC3CCCCC3)cc2)O[C@@H]2O[C@]3(C)CC[C@H]4[C@H](C)CC[C@@H]1[C@@]24OO3. The van der Waals surface area contributed by atoms with E-state index in [2.05, 4.69) is 29.5 Å². The Morgan fingerprint density at radius 3 is 2.61 bits per heavy atom. The number of fused-ring (bicyclic) bond motifs is 3. The Morgan fingerprint density at radius 1 is 0.981 bits per heavy atom. The van der Waals surface area contributed by atoms with Crippen LogP contribution in [0, 0.1) is 23.7 Å². The zero-order valence-electron chi connectivity index (χ0n) is 31.6. The normalized spacial score (nSPS) is 32.1. The van der Waals surface area contributed by atoms with Crippen molar-refractivity contribution in [1.82, 2.24) is 15.2 Å². The van der Waals surface area contributed by atoms with E-state index in [1.807, 2.05) is 55.5 Å². The Balaban J connectivity index is 0.925. The van der Waals surface area contributed by atoms with Crippen LogP contribution in [0.5, 0.6) is 0 Å². The highest BCUT2D eigenvalue weighted by atomic mass is 35.5. The number of anilines is 1. The first-order chi connectivity index (χ1) is 26.1. The Labute approximate surface area is 322 Å². The first kappa shape index (κ1) is 37.6. The molecule has 8 atom stereocenters. The van der Waals surface area contributed by atoms with Gasteiger partial charge in [0, 0.05) is 65.2 Å². The van der Waals surface area contributed by atoms with Crippen LogP contribution in [0.1, 0.15) is 94.5 Å². The summed E-state index contributed by atoms with van der Waals surface area (Å²) >= 11 is 6.19. The lowest BCUT2D eigenvalue weighted by Gasteiger charge is -2.60. The molecule has 1 spiro atoms. The summed E-state index contributed by atoms with van der Waals surface area (Å²) in [6.07, 6.45) is 9.94. The number of nitrogens with zero attached hydrogens (tertiary/aromatic N) is 2. The van der Waals surface area contributed by atoms with Gasteiger partial charge in [-0.2, -0.15) is 0 Å². The highest BCUT2D eigenvalue weighted by molar-refractivity contribution is 6.31. The molecule has 2 bridgehead atoms. The van der Waals surface area contributed by atoms with E-state index in [1.165, 1.54) is 6.42 Å². The topological polar surface area (TPSA) is 120 Å². The fourth-order valence-electron chi connectivity index (χ4n) is 9.71. The summed E-state index contributed by atoms with van der Waals surface area (Å²) in [5.41, 5.74) is 2.46. The Bertz CT molecular complexity index is 1820. The molecule has 3 aromatic rings. The van der Waals surface area contributed by atoms with Gasteiger partial charge in [0.15, 0.2) is 18.2 Å². The van der Waals surface area contributed by atoms with Crippen molar-refractivity contribution in [2.45, 2.75) is 115 Å². The molecule has 4 aliphatic heterocycles. The number of carbonyl (C=O) groups is 2. The second-order valence-corrected chi connectivity index (χ2v) is 16.8. The molecule has 6 fully saturated rings. The Morgan fingerprint density at radius 2 is 1.80 bits per heavy atom. The maximum absolute atomic E-state index is 14.0. The molecular formula is C42H53ClN4O7. The number of nitrogens with one attached hydrogen (secondary N) is 2. The Kier molecular flexibility index (Phi) is 10.9. The van der Waals surface area contributed by atoms with Gasteiger partial charge in [-0.3, -0.25) is 14.6 Å². The summed E-state index contributed by atoms with van der Waals surface area (Å²) in [5, 5.41) is 8.17. The molecule has 0 radical (unpaired) electrons. The smallest absolute Gasteiger partial charge is 0.254 e. The lowest BCUT2D eigenvalue weighted by atomic mass is 9.58. The van der Waals surface area contributed by atoms with Crippen molar-refractivity contribution in [2.75, 3.05) is 25.0 Å². The van der Waals surface area contributed by atoms with Gasteiger partial charge in [-0.05, 0) is 92.8 Å². The molecule has 2 amide bonds. The third kappa shape index (κ3) is 7.47. The quantitative estimate of drug-likeness (QED) is 0.190. The molecule has 290 valence electrons. The lowest BCUT2D eigenvalue weighted by Crippen LogP contribution is -2.70. The third-order valence-electron chi connectivity index (χ3n) is 12.7. The molecule has 1 aromatic heterocycles. The number of carbonyl (C=O) groups excluding carboxylic acids is 2. The minimum atomic E-state index is -0.840. The van der Waals surface area contributed by atoms with Gasteiger partial charge in [-0.15, -0.1) is 0 Å². The van der Waals surface area contributed by atoms with Crippen LogP contribution in [0.3, 0.4) is 0 Å². The summed E-state index contributed by atoms with van der Waals surface area (Å²) in [7, 11) is 0. The molecule has 11 nitrogen and oxygen atoms in total. The van der Waals surface area contributed by atoms with Gasteiger partial charge in [-0.1, -0.05) is 56.8 Å². The summed E-state index contributed by atoms with van der Waals surface area (Å²) in [5.74, 6) is -0.153. The number of hydrogen-bond acceptors (Lipinski definition) is 9. The first-order valence-corrected chi connectivity index (χ1v) is 20.3. The predicted octanol–water partition coefficient (Wildman–Crippen LogP) is 7.62. The number of pyridine rings is 1. The van der Waals surface area contributed by atoms with Crippen LogP contribution in [-0.2, 0) is 35.4 Å². The van der Waals surface area contributed by atoms with E-state index in [1.54, 1.807) is 11.1 Å². The van der Waals surface area contributed by atoms with Crippen molar-refractivity contribution in [1.29, 1.82) is 0 Å². The number of aromatic nitrogens is 1. The van der Waals surface area contributed by atoms with Crippen molar-refractivity contribution >= 4 is 40.0 Å². The molecule has 2 aromatic carbocycles. The van der Waals surface area contributed by atoms with Gasteiger partial charge in [0.1, 0.15) is 0 Å². The van der Waals surface area contributed by atoms with Crippen LogP contribution in [0.2, 0.25) is 5.02 Å². The molecule has 4 saturated heterocycles. The fraction of sp³-hybridized carbons (Fsp3) is 0.595. The van der Waals surface area contributed by atoms with Crippen molar-refractivity contribution in [3.05, 3.63) is 70.9 Å². The predicted molar refractivity (Wildman–Crippen MR) is 204 cm³/mol. The molecule has 54 heavy (non-hydrogen) atoms. The van der Waals surface area contributed by atoms with Crippen molar-refractivity contribution in [2.24, 2.45) is 23.7 Å². The summed E-state index contributed by atoms with van der Waals surface area (Å²) in [4.78, 5) is 45.5. The second-order valence-electron chi connectivity index (χ2n) is 16.4. The first-order valence-electron chi connectivity index (χ1n) is 19.9. The summed E-state index contributed by atoms with van der Waals surface area (Å²) in [6.45, 7) is 7.48. The highest BCUT2D eigenvalue weighted by Crippen LogP contribution is 2.60. The van der Waals surface area contributed by atoms with Crippen LogP contribution >= 0.6 is 11.6 Å². The zero-order chi connectivity index (χ0) is 37.5. The average Bonchev–Trinajstić information content (AvgIpc) is 3.41. The molecule has 2 saturated carbocycles. The molecular weight excluding hydrogens is 708 g/mol. The van der Waals surface area contributed by atoms with Gasteiger partial charge in [-0.25, -0.2) is 9.78 Å². The lowest BCUT2D eigenvalue weighted by molar-refractivity contribution is -0.577. The largest absolute Gasteiger partial charge is 0.383 e. The van der Waals surface area contributed by atoms with E-state index in [-0.39, 0.29) is 36.2 Å². The van der Waals surface area contributed by atoms with Crippen LogP contribution in [0.4, 0.5) is 5.69 Å². The number of benzene rings is 2. The van der Waals surface area contributed by atoms with Gasteiger partial charge >= 0.3 is 0 Å². The van der Waals surface area contributed by atoms with Crippen LogP contribution in [0.25, 0.3) is 10.9 Å². The minimum Gasteiger partial charge on any atom is -0.383 e. The van der Waals surface area contributed by atoms with E-state index in [9.17, 15) is 9.59 Å². The molecule has 2 aliphatic carbocycles. The molecule has 9 rings (SSSR count). The number of hydrogen-bond donors (Lipinski definition) is 2. The van der Waals surface area contributed by atoms with E-state index in [4.69, 9.17) is 35.6 Å². The molecule has 0 unspecified atom stereocenters. The standard InChI is InChI=1S/C42H53ClN4O7/c1-26-9-16-34-27(2)39(51-40-42(34)33(26)17-19-41(3,52-40)53-54-42)50-25-28-10-12-29(13-11-28)38(49)47(24-37(48)46-31-7-5-4-6-8-31)22-21-45-35-18-20-44-36-23-30(43)14-15-32(35)36/h10-15,18,20,23,26-27,31,33-34,39-40H,4-9,16-17,19,21-22,24-25H2,1-3H3,(H,44,45)(H,46,48)/t26-,27-,33+,34+,39+,40-,41+,42-/m1/s1. The second kappa shape index (κ2) is 15.7. The number of amides is 2. The van der Waals surface area contributed by atoms with Crippen molar-refractivity contribution in [3.8, 4) is 0 Å². The molecule has 12 heteroatoms. The maximum atomic E-state index is 14.0. The monoisotopic (exact) mass is 760 g/mol. The summed E-state index contributed by atoms with van der Waals surface area (Å²) in [6, 6.07) is 15.1. The van der Waals surface area contributed by atoms with E-state index >= 15 is 0 Å². The summed E-state index contributed by atoms with van der Waals surface area (Å²) < 4.78 is 19.5.